The molecule has 1 aliphatic heterocycles. The van der Waals surface area contributed by atoms with E-state index in [9.17, 15) is 9.59 Å². The third-order valence-electron chi connectivity index (χ3n) is 5.16. The molecule has 4 heteroatoms. The van der Waals surface area contributed by atoms with Crippen LogP contribution in [0.2, 0.25) is 0 Å². The van der Waals surface area contributed by atoms with E-state index in [-0.39, 0.29) is 17.7 Å². The Morgan fingerprint density at radius 2 is 1.82 bits per heavy atom. The minimum Gasteiger partial charge on any atom is -0.326 e. The number of amides is 2. The van der Waals surface area contributed by atoms with E-state index in [1.54, 1.807) is 0 Å². The van der Waals surface area contributed by atoms with Crippen LogP contribution < -0.4 is 10.2 Å². The molecule has 4 nitrogen and oxygen atoms in total. The molecule has 116 valence electrons. The van der Waals surface area contributed by atoms with Crippen molar-refractivity contribution in [1.29, 1.82) is 0 Å². The number of hydrogen-bond donors (Lipinski definition) is 1. The molecule has 1 heterocycles. The monoisotopic (exact) mass is 298 g/mol. The average Bonchev–Trinajstić information content (AvgIpc) is 3.08. The van der Waals surface area contributed by atoms with Crippen molar-refractivity contribution in [3.63, 3.8) is 0 Å². The maximum Gasteiger partial charge on any atom is 0.230 e. The van der Waals surface area contributed by atoms with Crippen LogP contribution in [0.4, 0.5) is 11.4 Å². The summed E-state index contributed by atoms with van der Waals surface area (Å²) >= 11 is 0. The molecule has 1 aromatic rings. The van der Waals surface area contributed by atoms with E-state index < -0.39 is 0 Å². The van der Waals surface area contributed by atoms with Crippen molar-refractivity contribution in [3.8, 4) is 0 Å². The van der Waals surface area contributed by atoms with Crippen LogP contribution in [0.1, 0.15) is 44.1 Å². The Kier molecular flexibility index (Phi) is 3.40. The third kappa shape index (κ3) is 2.51. The lowest BCUT2D eigenvalue weighted by atomic mass is 10.1. The Morgan fingerprint density at radius 1 is 1.05 bits per heavy atom. The maximum atomic E-state index is 12.6. The summed E-state index contributed by atoms with van der Waals surface area (Å²) in [6, 6.07) is 5.97. The van der Waals surface area contributed by atoms with E-state index in [0.717, 1.165) is 50.0 Å². The van der Waals surface area contributed by atoms with Gasteiger partial charge in [0.1, 0.15) is 0 Å². The lowest BCUT2D eigenvalue weighted by Gasteiger charge is -2.21. The van der Waals surface area contributed by atoms with Crippen molar-refractivity contribution in [2.24, 2.45) is 11.8 Å². The number of rotatable bonds is 3. The van der Waals surface area contributed by atoms with E-state index in [4.69, 9.17) is 0 Å². The van der Waals surface area contributed by atoms with Gasteiger partial charge in [0.05, 0.1) is 0 Å². The van der Waals surface area contributed by atoms with Crippen molar-refractivity contribution in [2.75, 3.05) is 16.8 Å². The fourth-order valence-corrected chi connectivity index (χ4v) is 3.69. The Morgan fingerprint density at radius 3 is 2.55 bits per heavy atom. The molecule has 3 aliphatic rings. The van der Waals surface area contributed by atoms with Crippen LogP contribution in [-0.2, 0) is 16.0 Å². The minimum absolute atomic E-state index is 0.136. The van der Waals surface area contributed by atoms with Gasteiger partial charge in [-0.05, 0) is 55.9 Å². The molecule has 1 N–H and O–H groups in total. The van der Waals surface area contributed by atoms with E-state index in [1.165, 1.54) is 18.4 Å². The third-order valence-corrected chi connectivity index (χ3v) is 5.16. The summed E-state index contributed by atoms with van der Waals surface area (Å²) in [7, 11) is 0. The first-order valence-corrected chi connectivity index (χ1v) is 8.47. The summed E-state index contributed by atoms with van der Waals surface area (Å²) in [6.45, 7) is 0.782. The van der Waals surface area contributed by atoms with Gasteiger partial charge < -0.3 is 10.2 Å². The molecule has 0 unspecified atom stereocenters. The van der Waals surface area contributed by atoms with Crippen molar-refractivity contribution in [2.45, 2.75) is 44.9 Å². The zero-order valence-electron chi connectivity index (χ0n) is 12.8. The summed E-state index contributed by atoms with van der Waals surface area (Å²) in [5.41, 5.74) is 3.09. The molecule has 2 fully saturated rings. The van der Waals surface area contributed by atoms with E-state index in [1.807, 2.05) is 23.1 Å². The molecule has 0 bridgehead atoms. The van der Waals surface area contributed by atoms with Gasteiger partial charge in [0.2, 0.25) is 11.8 Å². The number of hydrogen-bond acceptors (Lipinski definition) is 2. The van der Waals surface area contributed by atoms with Gasteiger partial charge >= 0.3 is 0 Å². The van der Waals surface area contributed by atoms with E-state index in [2.05, 4.69) is 5.32 Å². The van der Waals surface area contributed by atoms with Gasteiger partial charge in [-0.25, -0.2) is 0 Å². The second-order valence-electron chi connectivity index (χ2n) is 6.83. The number of nitrogens with zero attached hydrogens (tertiary/aromatic N) is 1. The zero-order valence-corrected chi connectivity index (χ0v) is 12.8. The van der Waals surface area contributed by atoms with E-state index >= 15 is 0 Å². The highest BCUT2D eigenvalue weighted by molar-refractivity contribution is 5.98. The molecule has 0 aromatic heterocycles. The summed E-state index contributed by atoms with van der Waals surface area (Å²) in [5.74, 6) is 0.872. The summed E-state index contributed by atoms with van der Waals surface area (Å²) in [6.07, 6.45) is 7.37. The average molecular weight is 298 g/mol. The van der Waals surface area contributed by atoms with Gasteiger partial charge in [0.25, 0.3) is 0 Å². The maximum absolute atomic E-state index is 12.6. The number of fused-ring (bicyclic) bond motifs is 1. The number of benzene rings is 1. The predicted octanol–water partition coefficient (Wildman–Crippen LogP) is 3.11. The normalized spacial score (nSPS) is 21.0. The lowest BCUT2D eigenvalue weighted by molar-refractivity contribution is -0.122. The molecule has 22 heavy (non-hydrogen) atoms. The van der Waals surface area contributed by atoms with Crippen LogP contribution in [-0.4, -0.2) is 18.4 Å². The molecule has 0 atom stereocenters. The van der Waals surface area contributed by atoms with Crippen molar-refractivity contribution in [3.05, 3.63) is 23.8 Å². The van der Waals surface area contributed by atoms with Crippen molar-refractivity contribution >= 4 is 23.2 Å². The summed E-state index contributed by atoms with van der Waals surface area (Å²) < 4.78 is 0. The van der Waals surface area contributed by atoms with Crippen molar-refractivity contribution in [1.82, 2.24) is 0 Å². The second kappa shape index (κ2) is 5.41. The molecule has 1 aromatic carbocycles. The minimum atomic E-state index is 0.136. The SMILES string of the molecule is O=C(Nc1ccc2c(c1)CCN2C(=O)C1CCCC1)C1CC1. The highest BCUT2D eigenvalue weighted by Gasteiger charge is 2.32. The fraction of sp³-hybridized carbons (Fsp3) is 0.556. The van der Waals surface area contributed by atoms with Crippen LogP contribution in [0.25, 0.3) is 0 Å². The number of carbonyl (C=O) groups excluding carboxylic acids is 2. The van der Waals surface area contributed by atoms with Crippen LogP contribution in [0.15, 0.2) is 18.2 Å². The zero-order chi connectivity index (χ0) is 15.1. The predicted molar refractivity (Wildman–Crippen MR) is 85.8 cm³/mol. The molecule has 0 radical (unpaired) electrons. The Hall–Kier alpha value is -1.84. The molecule has 2 saturated carbocycles. The van der Waals surface area contributed by atoms with Gasteiger partial charge in [-0.1, -0.05) is 12.8 Å². The van der Waals surface area contributed by atoms with Gasteiger partial charge in [0.15, 0.2) is 0 Å². The first kappa shape index (κ1) is 13.8. The van der Waals surface area contributed by atoms with Gasteiger partial charge in [-0.15, -0.1) is 0 Å². The summed E-state index contributed by atoms with van der Waals surface area (Å²) in [4.78, 5) is 26.4. The topological polar surface area (TPSA) is 49.4 Å². The lowest BCUT2D eigenvalue weighted by Crippen LogP contribution is -2.33. The number of anilines is 2. The second-order valence-corrected chi connectivity index (χ2v) is 6.83. The first-order valence-electron chi connectivity index (χ1n) is 8.47. The number of nitrogens with one attached hydrogen (secondary N) is 1. The molecular formula is C18H22N2O2. The molecule has 4 rings (SSSR count). The van der Waals surface area contributed by atoms with Crippen LogP contribution in [0, 0.1) is 11.8 Å². The van der Waals surface area contributed by atoms with Gasteiger partial charge in [-0.2, -0.15) is 0 Å². The quantitative estimate of drug-likeness (QED) is 0.932. The molecule has 0 saturated heterocycles. The Balaban J connectivity index is 1.50. The van der Waals surface area contributed by atoms with Gasteiger partial charge in [-0.3, -0.25) is 9.59 Å². The van der Waals surface area contributed by atoms with E-state index in [0.29, 0.717) is 5.91 Å². The van der Waals surface area contributed by atoms with Crippen LogP contribution in [0.3, 0.4) is 0 Å². The summed E-state index contributed by atoms with van der Waals surface area (Å²) in [5, 5.41) is 2.99. The largest absolute Gasteiger partial charge is 0.326 e. The highest BCUT2D eigenvalue weighted by Crippen LogP contribution is 2.35. The fourth-order valence-electron chi connectivity index (χ4n) is 3.69. The van der Waals surface area contributed by atoms with Gasteiger partial charge in [0, 0.05) is 29.8 Å². The molecular weight excluding hydrogens is 276 g/mol. The molecule has 2 aliphatic carbocycles. The Labute approximate surface area is 130 Å². The standard InChI is InChI=1S/C18H22N2O2/c21-17(12-5-6-12)19-15-7-8-16-14(11-15)9-10-20(16)18(22)13-3-1-2-4-13/h7-8,11-13H,1-6,9-10H2,(H,19,21). The van der Waals surface area contributed by atoms with Crippen LogP contribution >= 0.6 is 0 Å². The van der Waals surface area contributed by atoms with Crippen LogP contribution in [0.5, 0.6) is 0 Å². The van der Waals surface area contributed by atoms with Crippen molar-refractivity contribution < 1.29 is 9.59 Å². The highest BCUT2D eigenvalue weighted by atomic mass is 16.2. The first-order chi connectivity index (χ1) is 10.7. The molecule has 0 spiro atoms. The Bertz CT molecular complexity index is 616. The number of carbonyl (C=O) groups is 2. The molecule has 2 amide bonds. The smallest absolute Gasteiger partial charge is 0.230 e.